The van der Waals surface area contributed by atoms with Crippen LogP contribution in [0.25, 0.3) is 5.57 Å². The van der Waals surface area contributed by atoms with Crippen LogP contribution in [0.5, 0.6) is 10.9 Å². The number of carbonyl (C=O) groups is 1. The highest BCUT2D eigenvalue weighted by Gasteiger charge is 2.17. The maximum Gasteiger partial charge on any atom is 0.341 e. The summed E-state index contributed by atoms with van der Waals surface area (Å²) in [7, 11) is 2.80. The fourth-order valence-corrected chi connectivity index (χ4v) is 2.38. The third kappa shape index (κ3) is 3.62. The van der Waals surface area contributed by atoms with Gasteiger partial charge in [-0.15, -0.1) is 0 Å². The second kappa shape index (κ2) is 7.04. The quantitative estimate of drug-likeness (QED) is 0.479. The van der Waals surface area contributed by atoms with Gasteiger partial charge >= 0.3 is 5.97 Å². The average Bonchev–Trinajstić information content (AvgIpc) is 2.91. The number of rotatable bonds is 5. The predicted octanol–water partition coefficient (Wildman–Crippen LogP) is 3.11. The summed E-state index contributed by atoms with van der Waals surface area (Å²) in [5, 5.41) is 0.447. The van der Waals surface area contributed by atoms with E-state index in [1.54, 1.807) is 19.1 Å². The third-order valence-electron chi connectivity index (χ3n) is 2.85. The molecule has 7 heteroatoms. The molecular weight excluding hydrogens is 304 g/mol. The van der Waals surface area contributed by atoms with E-state index in [0.717, 1.165) is 5.56 Å². The molecule has 1 heterocycles. The number of aromatic nitrogens is 2. The number of ether oxygens (including phenoxy) is 3. The highest BCUT2D eigenvalue weighted by Crippen LogP contribution is 2.29. The summed E-state index contributed by atoms with van der Waals surface area (Å²) in [5.74, 6) is 0.735. The Balaban J connectivity index is 2.37. The minimum absolute atomic E-state index is 0.321. The van der Waals surface area contributed by atoms with Crippen molar-refractivity contribution in [3.8, 4) is 10.9 Å². The second-order valence-corrected chi connectivity index (χ2v) is 5.16. The Kier molecular flexibility index (Phi) is 5.11. The Hall–Kier alpha value is -2.41. The molecule has 2 aromatic rings. The smallest absolute Gasteiger partial charge is 0.341 e. The van der Waals surface area contributed by atoms with Gasteiger partial charge in [0.15, 0.2) is 0 Å². The molecule has 0 aliphatic rings. The number of esters is 1. The average molecular weight is 320 g/mol. The van der Waals surface area contributed by atoms with Crippen molar-refractivity contribution in [3.63, 3.8) is 0 Å². The van der Waals surface area contributed by atoms with E-state index in [-0.39, 0.29) is 0 Å². The summed E-state index contributed by atoms with van der Waals surface area (Å²) in [6.45, 7) is 3.68. The number of nitrogens with zero attached hydrogens (tertiary/aromatic N) is 2. The molecule has 0 aliphatic heterocycles. The summed E-state index contributed by atoms with van der Waals surface area (Å²) in [6, 6.07) is 5.40. The summed E-state index contributed by atoms with van der Waals surface area (Å²) < 4.78 is 19.5. The molecule has 0 N–H and O–H groups in total. The van der Waals surface area contributed by atoms with Crippen LogP contribution in [0.15, 0.2) is 24.5 Å². The normalized spacial score (nSPS) is 11.2. The highest BCUT2D eigenvalue weighted by molar-refractivity contribution is 7.07. The molecule has 0 fully saturated rings. The van der Waals surface area contributed by atoms with E-state index in [9.17, 15) is 4.79 Å². The van der Waals surface area contributed by atoms with Crippen LogP contribution in [-0.2, 0) is 14.3 Å². The zero-order chi connectivity index (χ0) is 16.1. The topological polar surface area (TPSA) is 70.5 Å². The molecule has 0 bridgehead atoms. The first-order valence-corrected chi connectivity index (χ1v) is 7.23. The van der Waals surface area contributed by atoms with E-state index in [4.69, 9.17) is 14.2 Å². The molecule has 22 heavy (non-hydrogen) atoms. The fraction of sp³-hybridized carbons (Fsp3) is 0.267. The van der Waals surface area contributed by atoms with E-state index < -0.39 is 5.97 Å². The van der Waals surface area contributed by atoms with Crippen molar-refractivity contribution >= 4 is 23.1 Å². The monoisotopic (exact) mass is 320 g/mol. The molecule has 1 aromatic carbocycles. The van der Waals surface area contributed by atoms with Gasteiger partial charge in [-0.05, 0) is 37.1 Å². The zero-order valence-corrected chi connectivity index (χ0v) is 13.6. The van der Waals surface area contributed by atoms with Gasteiger partial charge in [0.1, 0.15) is 17.1 Å². The molecule has 116 valence electrons. The summed E-state index contributed by atoms with van der Waals surface area (Å²) >= 11 is 1.17. The Morgan fingerprint density at radius 1 is 1.27 bits per heavy atom. The summed E-state index contributed by atoms with van der Waals surface area (Å²) in [6.07, 6.45) is 1.35. The van der Waals surface area contributed by atoms with Crippen LogP contribution in [0.2, 0.25) is 0 Å². The van der Waals surface area contributed by atoms with Crippen molar-refractivity contribution in [2.24, 2.45) is 0 Å². The van der Waals surface area contributed by atoms with Crippen molar-refractivity contribution in [1.29, 1.82) is 0 Å². The largest absolute Gasteiger partial charge is 0.503 e. The second-order valence-electron chi connectivity index (χ2n) is 4.45. The Morgan fingerprint density at radius 2 is 2.05 bits per heavy atom. The first kappa shape index (κ1) is 16.0. The van der Waals surface area contributed by atoms with Crippen LogP contribution in [0, 0.1) is 13.8 Å². The lowest BCUT2D eigenvalue weighted by molar-refractivity contribution is -0.133. The number of aryl methyl sites for hydroxylation is 2. The number of hydrogen-bond donors (Lipinski definition) is 0. The molecular formula is C15H16N2O4S. The van der Waals surface area contributed by atoms with Crippen molar-refractivity contribution in [2.45, 2.75) is 13.8 Å². The minimum atomic E-state index is -0.478. The molecule has 0 saturated carbocycles. The first-order chi connectivity index (χ1) is 10.5. The van der Waals surface area contributed by atoms with Gasteiger partial charge in [0.05, 0.1) is 20.5 Å². The van der Waals surface area contributed by atoms with Crippen LogP contribution >= 0.6 is 11.5 Å². The van der Waals surface area contributed by atoms with E-state index in [1.165, 1.54) is 32.0 Å². The van der Waals surface area contributed by atoms with E-state index in [0.29, 0.717) is 27.9 Å². The summed E-state index contributed by atoms with van der Waals surface area (Å²) in [5.41, 5.74) is 1.89. The van der Waals surface area contributed by atoms with Gasteiger partial charge in [0, 0.05) is 11.5 Å². The van der Waals surface area contributed by atoms with Gasteiger partial charge in [0.25, 0.3) is 5.19 Å². The van der Waals surface area contributed by atoms with Gasteiger partial charge < -0.3 is 14.2 Å². The molecule has 6 nitrogen and oxygen atoms in total. The molecule has 0 spiro atoms. The van der Waals surface area contributed by atoms with Crippen LogP contribution in [0.3, 0.4) is 0 Å². The van der Waals surface area contributed by atoms with Gasteiger partial charge in [-0.2, -0.15) is 9.36 Å². The molecule has 0 atom stereocenters. The highest BCUT2D eigenvalue weighted by atomic mass is 32.1. The van der Waals surface area contributed by atoms with Gasteiger partial charge in [0.2, 0.25) is 0 Å². The summed E-state index contributed by atoms with van der Waals surface area (Å²) in [4.78, 5) is 16.0. The fourth-order valence-electron chi connectivity index (χ4n) is 1.82. The Morgan fingerprint density at radius 3 is 2.64 bits per heavy atom. The Bertz CT molecular complexity index is 709. The molecule has 2 rings (SSSR count). The lowest BCUT2D eigenvalue weighted by Crippen LogP contribution is -2.06. The predicted molar refractivity (Wildman–Crippen MR) is 82.9 cm³/mol. The number of hydrogen-bond acceptors (Lipinski definition) is 7. The molecule has 0 amide bonds. The number of methoxy groups -OCH3 is 2. The van der Waals surface area contributed by atoms with Crippen molar-refractivity contribution in [3.05, 3.63) is 41.4 Å². The maximum absolute atomic E-state index is 11.9. The van der Waals surface area contributed by atoms with Crippen molar-refractivity contribution in [2.75, 3.05) is 14.2 Å². The van der Waals surface area contributed by atoms with Crippen LogP contribution in [0.1, 0.15) is 17.0 Å². The molecule has 0 saturated heterocycles. The van der Waals surface area contributed by atoms with Crippen molar-refractivity contribution < 1.29 is 19.0 Å². The lowest BCUT2D eigenvalue weighted by Gasteiger charge is -2.10. The molecule has 0 unspecified atom stereocenters. The van der Waals surface area contributed by atoms with Gasteiger partial charge in [-0.3, -0.25) is 0 Å². The molecule has 1 aromatic heterocycles. The number of benzene rings is 1. The maximum atomic E-state index is 11.9. The van der Waals surface area contributed by atoms with E-state index >= 15 is 0 Å². The van der Waals surface area contributed by atoms with Crippen molar-refractivity contribution in [1.82, 2.24) is 9.36 Å². The molecule has 0 radical (unpaired) electrons. The van der Waals surface area contributed by atoms with Crippen LogP contribution in [0.4, 0.5) is 0 Å². The van der Waals surface area contributed by atoms with Crippen LogP contribution in [-0.4, -0.2) is 29.5 Å². The van der Waals surface area contributed by atoms with Gasteiger partial charge in [-0.1, -0.05) is 6.07 Å². The standard InChI is InChI=1S/C15H16N2O4S/c1-9-5-6-11(21-15-16-10(2)17-22-15)7-12(9)13(8-19-3)14(18)20-4/h5-8H,1-4H3/b13-8+. The number of carbonyl (C=O) groups excluding carboxylic acids is 1. The van der Waals surface area contributed by atoms with Gasteiger partial charge in [-0.25, -0.2) is 4.79 Å². The minimum Gasteiger partial charge on any atom is -0.503 e. The van der Waals surface area contributed by atoms with E-state index in [2.05, 4.69) is 9.36 Å². The zero-order valence-electron chi connectivity index (χ0n) is 12.7. The lowest BCUT2D eigenvalue weighted by atomic mass is 10.0. The SMILES string of the molecule is CO/C=C(/C(=O)OC)c1cc(Oc2nc(C)ns2)ccc1C. The Labute approximate surface area is 132 Å². The van der Waals surface area contributed by atoms with Crippen LogP contribution < -0.4 is 4.74 Å². The third-order valence-corrected chi connectivity index (χ3v) is 3.54. The van der Waals surface area contributed by atoms with E-state index in [1.807, 2.05) is 13.0 Å². The molecule has 0 aliphatic carbocycles. The first-order valence-electron chi connectivity index (χ1n) is 6.45.